The maximum absolute atomic E-state index is 12.6. The molecule has 0 bridgehead atoms. The van der Waals surface area contributed by atoms with Gasteiger partial charge in [-0.15, -0.1) is 0 Å². The first kappa shape index (κ1) is 23.4. The summed E-state index contributed by atoms with van der Waals surface area (Å²) in [5, 5.41) is 2.62. The predicted molar refractivity (Wildman–Crippen MR) is 114 cm³/mol. The second-order valence-electron chi connectivity index (χ2n) is 6.71. The molecule has 0 heterocycles. The maximum Gasteiger partial charge on any atom is 0.306 e. The van der Waals surface area contributed by atoms with Crippen molar-refractivity contribution in [3.63, 3.8) is 0 Å². The molecule has 1 amide bonds. The molecule has 0 aliphatic rings. The smallest absolute Gasteiger partial charge is 0.306 e. The Bertz CT molecular complexity index is 987. The second-order valence-corrected chi connectivity index (χ2v) is 8.39. The van der Waals surface area contributed by atoms with Gasteiger partial charge in [-0.25, -0.2) is 8.42 Å². The molecule has 0 aliphatic carbocycles. The summed E-state index contributed by atoms with van der Waals surface area (Å²) >= 11 is 0. The highest BCUT2D eigenvalue weighted by Gasteiger charge is 2.16. The molecule has 2 aromatic carbocycles. The highest BCUT2D eigenvalue weighted by molar-refractivity contribution is 7.92. The van der Waals surface area contributed by atoms with Crippen molar-refractivity contribution in [3.8, 4) is 0 Å². The van der Waals surface area contributed by atoms with Crippen molar-refractivity contribution >= 4 is 33.3 Å². The summed E-state index contributed by atoms with van der Waals surface area (Å²) < 4.78 is 37.4. The van der Waals surface area contributed by atoms with Crippen molar-refractivity contribution in [1.29, 1.82) is 0 Å². The van der Waals surface area contributed by atoms with Crippen LogP contribution in [0.3, 0.4) is 0 Å². The first-order chi connectivity index (χ1) is 14.2. The van der Waals surface area contributed by atoms with Gasteiger partial charge in [-0.2, -0.15) is 0 Å². The lowest BCUT2D eigenvalue weighted by Gasteiger charge is -2.12. The molecule has 0 saturated heterocycles. The van der Waals surface area contributed by atoms with Crippen LogP contribution in [-0.4, -0.2) is 40.6 Å². The summed E-state index contributed by atoms with van der Waals surface area (Å²) in [5.41, 5.74) is 2.80. The summed E-state index contributed by atoms with van der Waals surface area (Å²) in [6.07, 6.45) is -0.0953. The highest BCUT2D eigenvalue weighted by atomic mass is 32.2. The largest absolute Gasteiger partial charge is 0.463 e. The van der Waals surface area contributed by atoms with Gasteiger partial charge < -0.3 is 14.8 Å². The van der Waals surface area contributed by atoms with Gasteiger partial charge in [0.25, 0.3) is 10.0 Å². The number of ether oxygens (including phenoxy) is 2. The number of hydrogen-bond acceptors (Lipinski definition) is 6. The normalized spacial score (nSPS) is 11.0. The van der Waals surface area contributed by atoms with Crippen LogP contribution < -0.4 is 10.0 Å². The number of aryl methyl sites for hydroxylation is 2. The van der Waals surface area contributed by atoms with Gasteiger partial charge in [0.2, 0.25) is 5.91 Å². The number of anilines is 2. The minimum atomic E-state index is -3.76. The average molecular weight is 435 g/mol. The van der Waals surface area contributed by atoms with E-state index in [1.807, 2.05) is 26.0 Å². The van der Waals surface area contributed by atoms with E-state index in [-0.39, 0.29) is 30.3 Å². The monoisotopic (exact) mass is 434 g/mol. The molecule has 0 atom stereocenters. The first-order valence-corrected chi connectivity index (χ1v) is 10.8. The van der Waals surface area contributed by atoms with Gasteiger partial charge in [-0.3, -0.25) is 14.3 Å². The Hall–Kier alpha value is -2.91. The fraction of sp³-hybridized carbons (Fsp3) is 0.333. The van der Waals surface area contributed by atoms with E-state index in [0.29, 0.717) is 18.0 Å². The van der Waals surface area contributed by atoms with Gasteiger partial charge in [0, 0.05) is 19.2 Å². The lowest BCUT2D eigenvalue weighted by atomic mass is 10.1. The summed E-state index contributed by atoms with van der Waals surface area (Å²) in [4.78, 5) is 23.5. The Morgan fingerprint density at radius 2 is 1.67 bits per heavy atom. The minimum absolute atomic E-state index is 0.0415. The van der Waals surface area contributed by atoms with Gasteiger partial charge >= 0.3 is 5.97 Å². The van der Waals surface area contributed by atoms with Crippen LogP contribution in [0, 0.1) is 13.8 Å². The number of carbonyl (C=O) groups excluding carboxylic acids is 2. The van der Waals surface area contributed by atoms with Crippen LogP contribution in [0.25, 0.3) is 0 Å². The molecule has 0 spiro atoms. The molecular formula is C21H26N2O6S. The topological polar surface area (TPSA) is 111 Å². The van der Waals surface area contributed by atoms with Crippen LogP contribution in [-0.2, 0) is 29.1 Å². The van der Waals surface area contributed by atoms with Crippen molar-refractivity contribution < 1.29 is 27.5 Å². The predicted octanol–water partition coefficient (Wildman–Crippen LogP) is 3.01. The van der Waals surface area contributed by atoms with E-state index in [0.717, 1.165) is 11.1 Å². The van der Waals surface area contributed by atoms with Crippen LogP contribution in [0.15, 0.2) is 47.4 Å². The van der Waals surface area contributed by atoms with Gasteiger partial charge in [0.05, 0.1) is 23.6 Å². The molecule has 0 aromatic heterocycles. The van der Waals surface area contributed by atoms with Crippen LogP contribution >= 0.6 is 0 Å². The van der Waals surface area contributed by atoms with Gasteiger partial charge in [0.15, 0.2) is 0 Å². The number of nitrogens with one attached hydrogen (secondary N) is 2. The van der Waals surface area contributed by atoms with E-state index >= 15 is 0 Å². The fourth-order valence-corrected chi connectivity index (χ4v) is 3.73. The van der Waals surface area contributed by atoms with Gasteiger partial charge in [-0.1, -0.05) is 17.7 Å². The standard InChI is InChI=1S/C21H26N2O6S/c1-15-4-9-19(16(2)14-15)23-30(26,27)18-7-5-17(6-8-18)22-20(24)10-11-21(25)29-13-12-28-3/h4-9,14,23H,10-13H2,1-3H3,(H,22,24). The molecule has 2 rings (SSSR count). The number of sulfonamides is 1. The van der Waals surface area contributed by atoms with Crippen molar-refractivity contribution in [1.82, 2.24) is 0 Å². The minimum Gasteiger partial charge on any atom is -0.463 e. The molecule has 30 heavy (non-hydrogen) atoms. The molecule has 8 nitrogen and oxygen atoms in total. The molecular weight excluding hydrogens is 408 g/mol. The summed E-state index contributed by atoms with van der Waals surface area (Å²) in [7, 11) is -2.26. The van der Waals surface area contributed by atoms with Crippen LogP contribution in [0.2, 0.25) is 0 Å². The Kier molecular flexibility index (Phi) is 8.37. The lowest BCUT2D eigenvalue weighted by Crippen LogP contribution is -2.16. The van der Waals surface area contributed by atoms with Crippen molar-refractivity contribution in [2.75, 3.05) is 30.4 Å². The molecule has 0 aliphatic heterocycles. The van der Waals surface area contributed by atoms with E-state index in [9.17, 15) is 18.0 Å². The molecule has 0 radical (unpaired) electrons. The van der Waals surface area contributed by atoms with Gasteiger partial charge in [-0.05, 0) is 49.7 Å². The molecule has 0 unspecified atom stereocenters. The Labute approximate surface area is 176 Å². The quantitative estimate of drug-likeness (QED) is 0.439. The van der Waals surface area contributed by atoms with Crippen molar-refractivity contribution in [2.45, 2.75) is 31.6 Å². The third-order valence-electron chi connectivity index (χ3n) is 4.18. The Morgan fingerprint density at radius 1 is 0.967 bits per heavy atom. The van der Waals surface area contributed by atoms with E-state index in [4.69, 9.17) is 9.47 Å². The third-order valence-corrected chi connectivity index (χ3v) is 5.56. The van der Waals surface area contributed by atoms with E-state index < -0.39 is 16.0 Å². The number of hydrogen-bond donors (Lipinski definition) is 2. The molecule has 2 aromatic rings. The molecule has 162 valence electrons. The van der Waals surface area contributed by atoms with Crippen LogP contribution in [0.1, 0.15) is 24.0 Å². The number of benzene rings is 2. The lowest BCUT2D eigenvalue weighted by molar-refractivity contribution is -0.145. The van der Waals surface area contributed by atoms with Gasteiger partial charge in [0.1, 0.15) is 6.61 Å². The zero-order valence-electron chi connectivity index (χ0n) is 17.2. The SMILES string of the molecule is COCCOC(=O)CCC(=O)Nc1ccc(S(=O)(=O)Nc2ccc(C)cc2C)cc1. The molecule has 0 fully saturated rings. The fourth-order valence-electron chi connectivity index (χ4n) is 2.60. The van der Waals surface area contributed by atoms with E-state index in [1.54, 1.807) is 6.07 Å². The number of carbonyl (C=O) groups is 2. The van der Waals surface area contributed by atoms with E-state index in [1.165, 1.54) is 31.4 Å². The van der Waals surface area contributed by atoms with Crippen molar-refractivity contribution in [3.05, 3.63) is 53.6 Å². The number of rotatable bonds is 10. The molecule has 9 heteroatoms. The summed E-state index contributed by atoms with van der Waals surface area (Å²) in [6.45, 7) is 4.20. The summed E-state index contributed by atoms with van der Waals surface area (Å²) in [6, 6.07) is 11.2. The number of amides is 1. The molecule has 2 N–H and O–H groups in total. The first-order valence-electron chi connectivity index (χ1n) is 9.36. The Morgan fingerprint density at radius 3 is 2.30 bits per heavy atom. The third kappa shape index (κ3) is 7.16. The van der Waals surface area contributed by atoms with Crippen LogP contribution in [0.4, 0.5) is 11.4 Å². The zero-order valence-corrected chi connectivity index (χ0v) is 18.0. The second kappa shape index (κ2) is 10.7. The maximum atomic E-state index is 12.6. The number of esters is 1. The Balaban J connectivity index is 1.92. The van der Waals surface area contributed by atoms with E-state index in [2.05, 4.69) is 10.0 Å². The summed E-state index contributed by atoms with van der Waals surface area (Å²) in [5.74, 6) is -0.858. The van der Waals surface area contributed by atoms with Crippen LogP contribution in [0.5, 0.6) is 0 Å². The molecule has 0 saturated carbocycles. The van der Waals surface area contributed by atoms with Crippen molar-refractivity contribution in [2.24, 2.45) is 0 Å². The highest BCUT2D eigenvalue weighted by Crippen LogP contribution is 2.22. The zero-order chi connectivity index (χ0) is 22.1. The average Bonchev–Trinajstić information content (AvgIpc) is 2.69. The number of methoxy groups -OCH3 is 1.